The van der Waals surface area contributed by atoms with Crippen LogP contribution in [0.2, 0.25) is 0 Å². The molecule has 0 amide bonds. The summed E-state index contributed by atoms with van der Waals surface area (Å²) in [7, 11) is 0. The van der Waals surface area contributed by atoms with Gasteiger partial charge in [0.2, 0.25) is 0 Å². The molecule has 0 atom stereocenters. The van der Waals surface area contributed by atoms with E-state index in [0.29, 0.717) is 5.69 Å². The summed E-state index contributed by atoms with van der Waals surface area (Å²) in [5.74, 6) is -1.32. The van der Waals surface area contributed by atoms with E-state index in [-0.39, 0.29) is 26.6 Å². The van der Waals surface area contributed by atoms with Crippen LogP contribution in [0.3, 0.4) is 0 Å². The second-order valence-corrected chi connectivity index (χ2v) is 7.26. The predicted octanol–water partition coefficient (Wildman–Crippen LogP) is 4.80. The zero-order chi connectivity index (χ0) is 19.7. The molecule has 0 unspecified atom stereocenters. The molecule has 1 aromatic heterocycles. The number of nitrogens with zero attached hydrogens (tertiary/aromatic N) is 3. The van der Waals surface area contributed by atoms with Gasteiger partial charge in [0, 0.05) is 43.9 Å². The molecule has 6 heteroatoms. The maximum absolute atomic E-state index is 14.2. The van der Waals surface area contributed by atoms with Gasteiger partial charge in [-0.3, -0.25) is 13.8 Å². The fraction of sp³-hybridized carbons (Fsp3) is 0.217. The molecule has 29 heavy (non-hydrogen) atoms. The van der Waals surface area contributed by atoms with Crippen molar-refractivity contribution in [1.29, 1.82) is 0 Å². The topological polar surface area (TPSA) is 19.4 Å². The van der Waals surface area contributed by atoms with Crippen LogP contribution in [0.15, 0.2) is 54.6 Å². The molecule has 4 rings (SSSR count). The van der Waals surface area contributed by atoms with Crippen molar-refractivity contribution < 1.29 is 29.8 Å². The van der Waals surface area contributed by atoms with Crippen LogP contribution in [-0.4, -0.2) is 23.0 Å². The first-order chi connectivity index (χ1) is 13.4. The van der Waals surface area contributed by atoms with E-state index in [1.54, 1.807) is 6.07 Å². The molecule has 0 N–H and O–H groups in total. The smallest absolute Gasteiger partial charge is 0.0470 e. The van der Waals surface area contributed by atoms with E-state index in [0.717, 1.165) is 36.6 Å². The molecule has 1 saturated heterocycles. The molecule has 1 aliphatic heterocycles. The van der Waals surface area contributed by atoms with Gasteiger partial charge in [0.1, 0.15) is 0 Å². The van der Waals surface area contributed by atoms with Crippen molar-refractivity contribution in [2.24, 2.45) is 0 Å². The maximum atomic E-state index is 14.2. The van der Waals surface area contributed by atoms with Gasteiger partial charge < -0.3 is 9.80 Å². The zero-order valence-corrected chi connectivity index (χ0v) is 18.4. The molecule has 0 bridgehead atoms. The summed E-state index contributed by atoms with van der Waals surface area (Å²) < 4.78 is 27.4. The second kappa shape index (κ2) is 8.72. The van der Waals surface area contributed by atoms with Gasteiger partial charge in [0.15, 0.2) is 0 Å². The third kappa shape index (κ3) is 4.41. The minimum absolute atomic E-state index is 0. The Morgan fingerprint density at radius 1 is 1.07 bits per heavy atom. The van der Waals surface area contributed by atoms with Crippen LogP contribution in [-0.2, 0) is 26.6 Å². The Labute approximate surface area is 184 Å². The largest absolute Gasteiger partial charge is 0.528 e. The van der Waals surface area contributed by atoms with E-state index in [1.165, 1.54) is 0 Å². The van der Waals surface area contributed by atoms with Crippen molar-refractivity contribution >= 4 is 5.69 Å². The Bertz CT molecular complexity index is 979. The predicted molar refractivity (Wildman–Crippen MR) is 105 cm³/mol. The number of hydrogen-bond donors (Lipinski definition) is 0. The van der Waals surface area contributed by atoms with E-state index >= 15 is 0 Å². The molecule has 1 fully saturated rings. The molecule has 1 aliphatic rings. The van der Waals surface area contributed by atoms with E-state index in [4.69, 9.17) is 0 Å². The number of benzene rings is 2. The number of aromatic nitrogens is 1. The van der Waals surface area contributed by atoms with E-state index in [2.05, 4.69) is 47.4 Å². The zero-order valence-electron chi connectivity index (χ0n) is 16.1. The maximum Gasteiger partial charge on any atom is 0.0470 e. The number of hydrogen-bond acceptors (Lipinski definition) is 3. The monoisotopic (exact) mass is 571 g/mol. The Morgan fingerprint density at radius 2 is 1.90 bits per heavy atom. The average Bonchev–Trinajstić information content (AvgIpc) is 3.20. The molecule has 0 spiro atoms. The number of para-hydroxylation sites is 1. The number of rotatable bonds is 4. The van der Waals surface area contributed by atoms with Crippen molar-refractivity contribution in [3.63, 3.8) is 0 Å². The first kappa shape index (κ1) is 21.6. The Kier molecular flexibility index (Phi) is 6.50. The Balaban J connectivity index is 0.00000240. The second-order valence-electron chi connectivity index (χ2n) is 7.26. The molecule has 2 aromatic carbocycles. The first-order valence-electron chi connectivity index (χ1n) is 9.15. The van der Waals surface area contributed by atoms with Crippen LogP contribution >= 0.6 is 0 Å². The summed E-state index contributed by atoms with van der Waals surface area (Å²) in [6.07, 6.45) is 0. The summed E-state index contributed by atoms with van der Waals surface area (Å²) in [4.78, 5) is 9.03. The van der Waals surface area contributed by atoms with Crippen LogP contribution in [0.1, 0.15) is 19.5 Å². The summed E-state index contributed by atoms with van der Waals surface area (Å²) in [6, 6.07) is 21.2. The third-order valence-electron chi connectivity index (χ3n) is 5.07. The molecular formula is C23H20F2N3Pt-3. The van der Waals surface area contributed by atoms with Gasteiger partial charge in [-0.25, -0.2) is 0 Å². The van der Waals surface area contributed by atoms with Gasteiger partial charge in [0.25, 0.3) is 0 Å². The first-order valence-corrected chi connectivity index (χ1v) is 9.15. The van der Waals surface area contributed by atoms with E-state index < -0.39 is 17.2 Å². The number of pyridine rings is 1. The SMILES string of the molecule is CC(C)(c1cccc(-c2[c-]cc(F)cc2F)n1)N1[CH-]N(c2[c-]cccc2)CC1.[Pt]. The molecule has 154 valence electrons. The summed E-state index contributed by atoms with van der Waals surface area (Å²) in [5, 5.41) is 0. The van der Waals surface area contributed by atoms with Gasteiger partial charge in [-0.1, -0.05) is 23.8 Å². The minimum Gasteiger partial charge on any atom is -0.528 e. The standard InChI is InChI=1S/C23H20F2N3.Pt/c1-23(2,28-14-13-27(16-28)18-7-4-3-5-8-18)22-10-6-9-21(26-22)19-12-11-17(24)15-20(19)25;/h3-7,9-11,15-16H,13-14H2,1-2H3;/q-3;. The van der Waals surface area contributed by atoms with Crippen LogP contribution in [0, 0.1) is 30.4 Å². The minimum atomic E-state index is -0.666. The summed E-state index contributed by atoms with van der Waals surface area (Å²) in [5.41, 5.74) is 2.03. The van der Waals surface area contributed by atoms with Crippen molar-refractivity contribution in [1.82, 2.24) is 9.88 Å². The summed E-state index contributed by atoms with van der Waals surface area (Å²) in [6.45, 7) is 7.92. The Morgan fingerprint density at radius 3 is 2.62 bits per heavy atom. The number of anilines is 1. The van der Waals surface area contributed by atoms with Crippen LogP contribution in [0.4, 0.5) is 14.5 Å². The molecule has 2 heterocycles. The third-order valence-corrected chi connectivity index (χ3v) is 5.07. The van der Waals surface area contributed by atoms with Gasteiger partial charge in [-0.15, -0.1) is 17.8 Å². The van der Waals surface area contributed by atoms with Crippen LogP contribution < -0.4 is 4.90 Å². The molecule has 3 aromatic rings. The van der Waals surface area contributed by atoms with Gasteiger partial charge >= 0.3 is 0 Å². The van der Waals surface area contributed by atoms with Gasteiger partial charge in [-0.05, 0) is 38.7 Å². The van der Waals surface area contributed by atoms with Crippen molar-refractivity contribution in [2.75, 3.05) is 18.0 Å². The molecule has 0 saturated carbocycles. The molecule has 0 radical (unpaired) electrons. The average molecular weight is 572 g/mol. The molecule has 3 nitrogen and oxygen atoms in total. The van der Waals surface area contributed by atoms with Crippen LogP contribution in [0.5, 0.6) is 0 Å². The summed E-state index contributed by atoms with van der Waals surface area (Å²) >= 11 is 0. The normalized spacial score (nSPS) is 14.7. The quantitative estimate of drug-likeness (QED) is 0.420. The van der Waals surface area contributed by atoms with Gasteiger partial charge in [0.05, 0.1) is 0 Å². The fourth-order valence-electron chi connectivity index (χ4n) is 3.37. The van der Waals surface area contributed by atoms with E-state index in [9.17, 15) is 8.78 Å². The molecular weight excluding hydrogens is 551 g/mol. The van der Waals surface area contributed by atoms with E-state index in [1.807, 2.05) is 36.4 Å². The Hall–Kier alpha value is -2.10. The van der Waals surface area contributed by atoms with Gasteiger partial charge in [-0.2, -0.15) is 37.0 Å². The fourth-order valence-corrected chi connectivity index (χ4v) is 3.37. The van der Waals surface area contributed by atoms with Crippen molar-refractivity contribution in [2.45, 2.75) is 19.4 Å². The number of halogens is 2. The van der Waals surface area contributed by atoms with Crippen molar-refractivity contribution in [3.8, 4) is 11.3 Å². The van der Waals surface area contributed by atoms with Crippen molar-refractivity contribution in [3.05, 3.63) is 90.7 Å². The van der Waals surface area contributed by atoms with Crippen LogP contribution in [0.25, 0.3) is 11.3 Å². The molecule has 0 aliphatic carbocycles.